The zero-order valence-electron chi connectivity index (χ0n) is 15.9. The molecular weight excluding hydrogens is 417 g/mol. The molecule has 156 valence electrons. The first kappa shape index (κ1) is 20.5. The maximum absolute atomic E-state index is 11.4. The van der Waals surface area contributed by atoms with Gasteiger partial charge in [-0.15, -0.1) is 0 Å². The van der Waals surface area contributed by atoms with Crippen LogP contribution >= 0.6 is 23.2 Å². The first-order valence-electron chi connectivity index (χ1n) is 9.81. The number of nitrogens with zero attached hydrogens (tertiary/aromatic N) is 1. The summed E-state index contributed by atoms with van der Waals surface area (Å²) < 4.78 is 5.66. The highest BCUT2D eigenvalue weighted by atomic mass is 35.5. The molecule has 0 amide bonds. The molecule has 0 spiro atoms. The zero-order chi connectivity index (χ0) is 20.9. The number of hydrogen-bond acceptors (Lipinski definition) is 4. The molecule has 0 aliphatic carbocycles. The van der Waals surface area contributed by atoms with Crippen LogP contribution in [-0.4, -0.2) is 51.8 Å². The third kappa shape index (κ3) is 3.74. The fourth-order valence-corrected chi connectivity index (χ4v) is 6.00. The molecule has 1 aromatic carbocycles. The summed E-state index contributed by atoms with van der Waals surface area (Å²) in [6.45, 7) is 2.67. The lowest BCUT2D eigenvalue weighted by atomic mass is 9.72. The third-order valence-corrected chi connectivity index (χ3v) is 7.53. The van der Waals surface area contributed by atoms with E-state index in [0.717, 1.165) is 24.9 Å². The van der Waals surface area contributed by atoms with Crippen LogP contribution in [0.3, 0.4) is 0 Å². The fourth-order valence-electron chi connectivity index (χ4n) is 5.69. The van der Waals surface area contributed by atoms with Gasteiger partial charge in [-0.2, -0.15) is 0 Å². The minimum atomic E-state index is -1.37. The second-order valence-electron chi connectivity index (χ2n) is 8.23. The van der Waals surface area contributed by atoms with Crippen molar-refractivity contribution < 1.29 is 24.5 Å². The quantitative estimate of drug-likeness (QED) is 0.514. The van der Waals surface area contributed by atoms with E-state index < -0.39 is 23.8 Å². The molecule has 29 heavy (non-hydrogen) atoms. The second-order valence-corrected chi connectivity index (χ2v) is 9.04. The molecule has 3 saturated heterocycles. The molecule has 2 unspecified atom stereocenters. The van der Waals surface area contributed by atoms with Crippen molar-refractivity contribution in [2.45, 2.75) is 50.3 Å². The van der Waals surface area contributed by atoms with E-state index in [4.69, 9.17) is 33.0 Å². The summed E-state index contributed by atoms with van der Waals surface area (Å²) >= 11 is 12.4. The lowest BCUT2D eigenvalue weighted by molar-refractivity contribution is -0.140. The predicted molar refractivity (Wildman–Crippen MR) is 108 cm³/mol. The lowest BCUT2D eigenvalue weighted by Crippen LogP contribution is -2.41. The number of piperidine rings is 1. The Bertz CT molecular complexity index is 873. The van der Waals surface area contributed by atoms with Crippen molar-refractivity contribution in [3.63, 3.8) is 0 Å². The van der Waals surface area contributed by atoms with Gasteiger partial charge in [-0.25, -0.2) is 9.59 Å². The highest BCUT2D eigenvalue weighted by Crippen LogP contribution is 2.55. The molecule has 1 aromatic rings. The summed E-state index contributed by atoms with van der Waals surface area (Å²) in [7, 11) is 0. The topological polar surface area (TPSA) is 87.1 Å². The molecule has 0 radical (unpaired) electrons. The number of carboxylic acid groups (broad SMARTS) is 2. The van der Waals surface area contributed by atoms with Crippen molar-refractivity contribution in [1.82, 2.24) is 4.90 Å². The Morgan fingerprint density at radius 2 is 2.00 bits per heavy atom. The monoisotopic (exact) mass is 439 g/mol. The van der Waals surface area contributed by atoms with E-state index in [1.54, 1.807) is 0 Å². The largest absolute Gasteiger partial charge is 0.483 e. The van der Waals surface area contributed by atoms with Crippen molar-refractivity contribution in [2.75, 3.05) is 6.54 Å². The van der Waals surface area contributed by atoms with Crippen LogP contribution in [0, 0.1) is 11.8 Å². The van der Waals surface area contributed by atoms with E-state index in [1.165, 1.54) is 6.42 Å². The van der Waals surface area contributed by atoms with Crippen LogP contribution in [0.15, 0.2) is 30.0 Å². The predicted octanol–water partition coefficient (Wildman–Crippen LogP) is 4.02. The zero-order valence-corrected chi connectivity index (χ0v) is 17.4. The molecular formula is C21H23Cl2NO5. The van der Waals surface area contributed by atoms with Gasteiger partial charge in [0.25, 0.3) is 0 Å². The maximum Gasteiger partial charge on any atom is 0.371 e. The van der Waals surface area contributed by atoms with Crippen LogP contribution in [0.25, 0.3) is 0 Å². The highest BCUT2D eigenvalue weighted by Gasteiger charge is 2.57. The smallest absolute Gasteiger partial charge is 0.371 e. The van der Waals surface area contributed by atoms with E-state index in [0.29, 0.717) is 34.1 Å². The normalized spacial score (nSPS) is 34.1. The first-order chi connectivity index (χ1) is 13.8. The number of carboxylic acids is 2. The number of hydrogen-bond donors (Lipinski definition) is 2. The van der Waals surface area contributed by atoms with Crippen molar-refractivity contribution in [3.8, 4) is 0 Å². The van der Waals surface area contributed by atoms with E-state index >= 15 is 0 Å². The van der Waals surface area contributed by atoms with E-state index in [1.807, 2.05) is 25.1 Å². The average Bonchev–Trinajstić information content (AvgIpc) is 3.08. The number of aliphatic carboxylic acids is 2. The third-order valence-electron chi connectivity index (χ3n) is 6.79. The van der Waals surface area contributed by atoms with Gasteiger partial charge in [0.2, 0.25) is 5.76 Å². The molecule has 0 saturated carbocycles. The molecule has 3 aliphatic rings. The number of halogens is 2. The highest BCUT2D eigenvalue weighted by molar-refractivity contribution is 6.42. The Morgan fingerprint density at radius 3 is 2.66 bits per heavy atom. The van der Waals surface area contributed by atoms with Crippen molar-refractivity contribution in [3.05, 3.63) is 45.6 Å². The summed E-state index contributed by atoms with van der Waals surface area (Å²) in [5.41, 5.74) is 1.15. The van der Waals surface area contributed by atoms with Crippen LogP contribution in [0.5, 0.6) is 0 Å². The van der Waals surface area contributed by atoms with Gasteiger partial charge in [-0.1, -0.05) is 29.3 Å². The number of benzene rings is 1. The first-order valence-corrected chi connectivity index (χ1v) is 10.6. The van der Waals surface area contributed by atoms with Gasteiger partial charge in [0, 0.05) is 24.5 Å². The Morgan fingerprint density at radius 1 is 1.24 bits per heavy atom. The Labute approximate surface area is 179 Å². The summed E-state index contributed by atoms with van der Waals surface area (Å²) in [5.74, 6) is -2.56. The van der Waals surface area contributed by atoms with Crippen LogP contribution in [0.1, 0.15) is 37.7 Å². The molecule has 0 aromatic heterocycles. The Kier molecular flexibility index (Phi) is 5.53. The van der Waals surface area contributed by atoms with Crippen LogP contribution in [0.2, 0.25) is 10.0 Å². The molecule has 4 bridgehead atoms. The molecule has 2 N–H and O–H groups in total. The van der Waals surface area contributed by atoms with Gasteiger partial charge in [-0.05, 0) is 55.7 Å². The molecule has 6 nitrogen and oxygen atoms in total. The SMILES string of the molecule is C[C@@H](O/C(=C\C(=O)O)C(=O)O)[C@H]1CN2C3CC[C@H]2[C@@H]1[C@H](c1ccc(Cl)c(Cl)c1)C3. The number of carbonyl (C=O) groups is 2. The summed E-state index contributed by atoms with van der Waals surface area (Å²) in [6.07, 6.45) is 3.51. The van der Waals surface area contributed by atoms with E-state index in [2.05, 4.69) is 4.90 Å². The lowest BCUT2D eigenvalue weighted by Gasteiger charge is -2.39. The average molecular weight is 440 g/mol. The number of ether oxygens (including phenoxy) is 1. The van der Waals surface area contributed by atoms with Gasteiger partial charge in [-0.3, -0.25) is 4.90 Å². The van der Waals surface area contributed by atoms with Crippen LogP contribution in [0.4, 0.5) is 0 Å². The van der Waals surface area contributed by atoms with Crippen LogP contribution < -0.4 is 0 Å². The molecule has 8 heteroatoms. The molecule has 3 fully saturated rings. The van der Waals surface area contributed by atoms with Gasteiger partial charge in [0.05, 0.1) is 16.1 Å². The molecule has 7 atom stereocenters. The van der Waals surface area contributed by atoms with Gasteiger partial charge < -0.3 is 14.9 Å². The minimum Gasteiger partial charge on any atom is -0.483 e. The summed E-state index contributed by atoms with van der Waals surface area (Å²) in [6, 6.07) is 6.73. The number of rotatable bonds is 6. The van der Waals surface area contributed by atoms with Gasteiger partial charge in [0.1, 0.15) is 6.10 Å². The molecule has 3 heterocycles. The Hall–Kier alpha value is -1.76. The fraction of sp³-hybridized carbons (Fsp3) is 0.524. The van der Waals surface area contributed by atoms with E-state index in [-0.39, 0.29) is 11.8 Å². The summed E-state index contributed by atoms with van der Waals surface area (Å²) in [5, 5.41) is 19.3. The van der Waals surface area contributed by atoms with Crippen molar-refractivity contribution in [2.24, 2.45) is 11.8 Å². The molecule has 4 rings (SSSR count). The Balaban J connectivity index is 1.62. The molecule has 3 aliphatic heterocycles. The maximum atomic E-state index is 11.4. The standard InChI is InChI=1S/C21H23Cl2NO5/c1-10(29-18(21(27)28)8-19(25)26)14-9-24-12-3-5-17(24)20(14)13(7-12)11-2-4-15(22)16(23)6-11/h2,4,6,8,10,12-14,17,20H,3,5,7,9H2,1H3,(H,25,26)(H,27,28)/b18-8-/t10-,12?,13+,14-,17+,20-/m1/s1. The van der Waals surface area contributed by atoms with Crippen molar-refractivity contribution in [1.29, 1.82) is 0 Å². The second kappa shape index (κ2) is 7.82. The van der Waals surface area contributed by atoms with Crippen molar-refractivity contribution >= 4 is 35.1 Å². The van der Waals surface area contributed by atoms with Crippen LogP contribution in [-0.2, 0) is 14.3 Å². The van der Waals surface area contributed by atoms with Gasteiger partial charge in [0.15, 0.2) is 0 Å². The van der Waals surface area contributed by atoms with E-state index in [9.17, 15) is 14.7 Å². The summed E-state index contributed by atoms with van der Waals surface area (Å²) in [4.78, 5) is 24.9. The minimum absolute atomic E-state index is 0.0984. The van der Waals surface area contributed by atoms with Gasteiger partial charge >= 0.3 is 11.9 Å².